The van der Waals surface area contributed by atoms with Gasteiger partial charge in [0.05, 0.1) is 5.54 Å². The smallest absolute Gasteiger partial charge is 0.223 e. The number of rotatable bonds is 4. The zero-order valence-electron chi connectivity index (χ0n) is 11.5. The molecule has 1 heterocycles. The molecule has 1 unspecified atom stereocenters. The van der Waals surface area contributed by atoms with Crippen molar-refractivity contribution in [2.24, 2.45) is 11.8 Å². The molecule has 3 nitrogen and oxygen atoms in total. The minimum absolute atomic E-state index is 0. The zero-order chi connectivity index (χ0) is 13.5. The number of hydrogen-bond acceptors (Lipinski definition) is 2. The maximum Gasteiger partial charge on any atom is 0.223 e. The first kappa shape index (κ1) is 15.8. The summed E-state index contributed by atoms with van der Waals surface area (Å²) in [7, 11) is 0. The Morgan fingerprint density at radius 2 is 2.15 bits per heavy atom. The fourth-order valence-electron chi connectivity index (χ4n) is 2.63. The first-order valence-electron chi connectivity index (χ1n) is 6.89. The average Bonchev–Trinajstić information content (AvgIpc) is 3.07. The molecule has 0 bridgehead atoms. The first-order chi connectivity index (χ1) is 9.11. The topological polar surface area (TPSA) is 41.1 Å². The highest BCUT2D eigenvalue weighted by Gasteiger charge is 2.46. The largest absolute Gasteiger partial charge is 0.346 e. The molecule has 1 aliphatic carbocycles. The Labute approximate surface area is 134 Å². The van der Waals surface area contributed by atoms with Crippen molar-refractivity contribution < 1.29 is 4.79 Å². The Kier molecular flexibility index (Phi) is 4.77. The zero-order valence-corrected chi connectivity index (χ0v) is 13.9. The maximum atomic E-state index is 12.3. The molecule has 2 aliphatic rings. The highest BCUT2D eigenvalue weighted by molar-refractivity contribution is 9.10. The molecule has 110 valence electrons. The van der Waals surface area contributed by atoms with Crippen molar-refractivity contribution >= 4 is 34.2 Å². The van der Waals surface area contributed by atoms with Gasteiger partial charge >= 0.3 is 0 Å². The van der Waals surface area contributed by atoms with E-state index < -0.39 is 0 Å². The second-order valence-corrected chi connectivity index (χ2v) is 6.70. The van der Waals surface area contributed by atoms with Gasteiger partial charge in [-0.2, -0.15) is 0 Å². The van der Waals surface area contributed by atoms with Crippen LogP contribution in [0.2, 0.25) is 0 Å². The number of benzene rings is 1. The Bertz CT molecular complexity index is 500. The lowest BCUT2D eigenvalue weighted by Crippen LogP contribution is -2.51. The van der Waals surface area contributed by atoms with Crippen LogP contribution in [0.1, 0.15) is 25.3 Å². The van der Waals surface area contributed by atoms with E-state index in [0.29, 0.717) is 5.92 Å². The summed E-state index contributed by atoms with van der Waals surface area (Å²) in [6, 6.07) is 8.27. The van der Waals surface area contributed by atoms with Gasteiger partial charge in [-0.3, -0.25) is 4.79 Å². The normalized spacial score (nSPS) is 21.3. The molecule has 1 aromatic carbocycles. The van der Waals surface area contributed by atoms with Gasteiger partial charge in [-0.1, -0.05) is 35.0 Å². The lowest BCUT2D eigenvalue weighted by molar-refractivity contribution is -0.127. The van der Waals surface area contributed by atoms with E-state index >= 15 is 0 Å². The van der Waals surface area contributed by atoms with Crippen LogP contribution < -0.4 is 10.6 Å². The van der Waals surface area contributed by atoms with E-state index in [-0.39, 0.29) is 29.8 Å². The third-order valence-electron chi connectivity index (χ3n) is 4.42. The van der Waals surface area contributed by atoms with Gasteiger partial charge in [0.1, 0.15) is 0 Å². The maximum absolute atomic E-state index is 12.3. The van der Waals surface area contributed by atoms with E-state index in [4.69, 9.17) is 0 Å². The number of nitrogens with one attached hydrogen (secondary N) is 2. The van der Waals surface area contributed by atoms with Crippen LogP contribution in [0.15, 0.2) is 28.7 Å². The van der Waals surface area contributed by atoms with Crippen LogP contribution >= 0.6 is 28.3 Å². The van der Waals surface area contributed by atoms with Crippen molar-refractivity contribution in [2.75, 3.05) is 13.1 Å². The Morgan fingerprint density at radius 3 is 2.65 bits per heavy atom. The first-order valence-corrected chi connectivity index (χ1v) is 7.69. The molecule has 0 radical (unpaired) electrons. The highest BCUT2D eigenvalue weighted by Crippen LogP contribution is 2.46. The van der Waals surface area contributed by atoms with Crippen molar-refractivity contribution in [3.05, 3.63) is 34.3 Å². The summed E-state index contributed by atoms with van der Waals surface area (Å²) in [5, 5.41) is 6.50. The summed E-state index contributed by atoms with van der Waals surface area (Å²) in [4.78, 5) is 12.3. The quantitative estimate of drug-likeness (QED) is 0.868. The molecule has 3 rings (SSSR count). The van der Waals surface area contributed by atoms with Crippen LogP contribution in [0.4, 0.5) is 0 Å². The molecule has 1 aromatic rings. The van der Waals surface area contributed by atoms with Crippen LogP contribution in [-0.2, 0) is 10.3 Å². The van der Waals surface area contributed by atoms with E-state index in [1.54, 1.807) is 0 Å². The van der Waals surface area contributed by atoms with Crippen LogP contribution in [-0.4, -0.2) is 19.0 Å². The van der Waals surface area contributed by atoms with Crippen molar-refractivity contribution in [3.63, 3.8) is 0 Å². The van der Waals surface area contributed by atoms with Gasteiger partial charge in [-0.25, -0.2) is 0 Å². The molecule has 0 spiro atoms. The average molecular weight is 360 g/mol. The standard InChI is InChI=1S/C15H19BrN2O.ClH/c1-10(11-8-17-9-11)14(19)18-15(5-6-15)12-3-2-4-13(16)7-12;/h2-4,7,10-11,17H,5-6,8-9H2,1H3,(H,18,19);1H. The summed E-state index contributed by atoms with van der Waals surface area (Å²) in [6.07, 6.45) is 2.09. The number of hydrogen-bond donors (Lipinski definition) is 2. The molecule has 2 fully saturated rings. The SMILES string of the molecule is CC(C(=O)NC1(c2cccc(Br)c2)CC1)C1CNC1.Cl. The third kappa shape index (κ3) is 3.02. The van der Waals surface area contributed by atoms with Gasteiger partial charge in [-0.15, -0.1) is 12.4 Å². The molecule has 2 N–H and O–H groups in total. The molecular formula is C15H20BrClN2O. The van der Waals surface area contributed by atoms with Gasteiger partial charge in [0.25, 0.3) is 0 Å². The highest BCUT2D eigenvalue weighted by atomic mass is 79.9. The summed E-state index contributed by atoms with van der Waals surface area (Å²) < 4.78 is 1.07. The summed E-state index contributed by atoms with van der Waals surface area (Å²) >= 11 is 3.50. The summed E-state index contributed by atoms with van der Waals surface area (Å²) in [5.74, 6) is 0.799. The van der Waals surface area contributed by atoms with Gasteiger partial charge in [0, 0.05) is 10.4 Å². The Balaban J connectivity index is 0.00000147. The molecule has 1 amide bonds. The van der Waals surface area contributed by atoms with E-state index in [9.17, 15) is 4.79 Å². The number of carbonyl (C=O) groups excluding carboxylic acids is 1. The predicted octanol–water partition coefficient (Wildman–Crippen LogP) is 2.83. The predicted molar refractivity (Wildman–Crippen MR) is 86.0 cm³/mol. The lowest BCUT2D eigenvalue weighted by atomic mass is 9.88. The van der Waals surface area contributed by atoms with Crippen molar-refractivity contribution in [1.82, 2.24) is 10.6 Å². The van der Waals surface area contributed by atoms with E-state index in [1.807, 2.05) is 19.1 Å². The molecule has 1 saturated heterocycles. The molecule has 1 saturated carbocycles. The Morgan fingerprint density at radius 1 is 1.45 bits per heavy atom. The summed E-state index contributed by atoms with van der Waals surface area (Å²) in [6.45, 7) is 3.98. The fourth-order valence-corrected chi connectivity index (χ4v) is 3.02. The van der Waals surface area contributed by atoms with Crippen LogP contribution in [0.25, 0.3) is 0 Å². The van der Waals surface area contributed by atoms with Gasteiger partial charge in [0.15, 0.2) is 0 Å². The van der Waals surface area contributed by atoms with E-state index in [0.717, 1.165) is 30.4 Å². The van der Waals surface area contributed by atoms with Gasteiger partial charge in [-0.05, 0) is 49.5 Å². The third-order valence-corrected chi connectivity index (χ3v) is 4.92. The van der Waals surface area contributed by atoms with E-state index in [1.165, 1.54) is 5.56 Å². The van der Waals surface area contributed by atoms with Gasteiger partial charge < -0.3 is 10.6 Å². The van der Waals surface area contributed by atoms with Crippen molar-refractivity contribution in [2.45, 2.75) is 25.3 Å². The van der Waals surface area contributed by atoms with Crippen LogP contribution in [0, 0.1) is 11.8 Å². The minimum Gasteiger partial charge on any atom is -0.346 e. The fraction of sp³-hybridized carbons (Fsp3) is 0.533. The molecule has 1 atom stereocenters. The minimum atomic E-state index is -0.105. The lowest BCUT2D eigenvalue weighted by Gasteiger charge is -2.33. The van der Waals surface area contributed by atoms with Crippen LogP contribution in [0.5, 0.6) is 0 Å². The molecule has 0 aromatic heterocycles. The summed E-state index contributed by atoms with van der Waals surface area (Å²) in [5.41, 5.74) is 1.11. The monoisotopic (exact) mass is 358 g/mol. The second kappa shape index (κ2) is 6.04. The second-order valence-electron chi connectivity index (χ2n) is 5.79. The molecule has 20 heavy (non-hydrogen) atoms. The van der Waals surface area contributed by atoms with E-state index in [2.05, 4.69) is 38.7 Å². The number of halogens is 2. The number of amides is 1. The molecular weight excluding hydrogens is 340 g/mol. The molecule has 1 aliphatic heterocycles. The van der Waals surface area contributed by atoms with Gasteiger partial charge in [0.2, 0.25) is 5.91 Å². The molecule has 5 heteroatoms. The van der Waals surface area contributed by atoms with Crippen molar-refractivity contribution in [1.29, 1.82) is 0 Å². The number of carbonyl (C=O) groups is 1. The van der Waals surface area contributed by atoms with Crippen LogP contribution in [0.3, 0.4) is 0 Å². The Hall–Kier alpha value is -0.580. The van der Waals surface area contributed by atoms with Crippen molar-refractivity contribution in [3.8, 4) is 0 Å².